The molecule has 102 valence electrons. The summed E-state index contributed by atoms with van der Waals surface area (Å²) in [6.07, 6.45) is -4.42. The minimum Gasteiger partial charge on any atom is -0.333 e. The molecule has 0 aromatic heterocycles. The largest absolute Gasteiger partial charge is 0.406 e. The number of nitrogens with two attached hydrogens (primary N) is 1. The highest BCUT2D eigenvalue weighted by molar-refractivity contribution is 5.94. The summed E-state index contributed by atoms with van der Waals surface area (Å²) in [7, 11) is 1.11. The van der Waals surface area contributed by atoms with Crippen LogP contribution in [-0.2, 0) is 0 Å². The fraction of sp³-hybridized carbons (Fsp3) is 0.308. The number of amides is 1. The zero-order chi connectivity index (χ0) is 14.5. The van der Waals surface area contributed by atoms with Crippen molar-refractivity contribution >= 4 is 5.91 Å². The first kappa shape index (κ1) is 15.1. The van der Waals surface area contributed by atoms with E-state index in [1.54, 1.807) is 12.1 Å². The molecule has 0 aliphatic heterocycles. The van der Waals surface area contributed by atoms with Crippen LogP contribution in [0.2, 0.25) is 0 Å². The molecule has 1 amide bonds. The zero-order valence-electron chi connectivity index (χ0n) is 10.3. The maximum Gasteiger partial charge on any atom is 0.406 e. The molecule has 0 atom stereocenters. The van der Waals surface area contributed by atoms with Crippen LogP contribution < -0.4 is 5.73 Å². The third-order valence-corrected chi connectivity index (χ3v) is 2.21. The topological polar surface area (TPSA) is 46.3 Å². The van der Waals surface area contributed by atoms with Gasteiger partial charge in [-0.25, -0.2) is 0 Å². The van der Waals surface area contributed by atoms with Crippen LogP contribution in [-0.4, -0.2) is 37.1 Å². The number of halogens is 3. The average Bonchev–Trinajstić information content (AvgIpc) is 2.33. The summed E-state index contributed by atoms with van der Waals surface area (Å²) in [6.45, 7) is -1.11. The normalized spacial score (nSPS) is 10.6. The van der Waals surface area contributed by atoms with E-state index >= 15 is 0 Å². The summed E-state index contributed by atoms with van der Waals surface area (Å²) < 4.78 is 36.6. The molecule has 1 aromatic carbocycles. The van der Waals surface area contributed by atoms with Gasteiger partial charge in [0.15, 0.2) is 0 Å². The molecule has 0 bridgehead atoms. The highest BCUT2D eigenvalue weighted by Crippen LogP contribution is 2.17. The van der Waals surface area contributed by atoms with E-state index in [4.69, 9.17) is 5.73 Å². The van der Waals surface area contributed by atoms with Crippen molar-refractivity contribution in [2.24, 2.45) is 5.73 Å². The molecule has 0 unspecified atom stereocenters. The molecule has 0 radical (unpaired) electrons. The van der Waals surface area contributed by atoms with Gasteiger partial charge in [-0.05, 0) is 18.2 Å². The SMILES string of the molecule is CN(CC(F)(F)F)C(=O)c1cccc(C#CCN)c1. The number of hydrogen-bond donors (Lipinski definition) is 1. The van der Waals surface area contributed by atoms with Gasteiger partial charge in [0.25, 0.3) is 5.91 Å². The number of carbonyl (C=O) groups is 1. The Morgan fingerprint density at radius 3 is 2.68 bits per heavy atom. The lowest BCUT2D eigenvalue weighted by Crippen LogP contribution is -2.35. The van der Waals surface area contributed by atoms with Crippen LogP contribution in [0.4, 0.5) is 13.2 Å². The van der Waals surface area contributed by atoms with Gasteiger partial charge in [0.05, 0.1) is 6.54 Å². The van der Waals surface area contributed by atoms with Gasteiger partial charge < -0.3 is 10.6 Å². The van der Waals surface area contributed by atoms with E-state index in [2.05, 4.69) is 11.8 Å². The van der Waals surface area contributed by atoms with Gasteiger partial charge in [0, 0.05) is 18.2 Å². The maximum atomic E-state index is 12.2. The van der Waals surface area contributed by atoms with Crippen molar-refractivity contribution in [1.29, 1.82) is 0 Å². The second kappa shape index (κ2) is 6.25. The number of rotatable bonds is 2. The predicted molar refractivity (Wildman–Crippen MR) is 65.4 cm³/mol. The highest BCUT2D eigenvalue weighted by Gasteiger charge is 2.31. The molecule has 19 heavy (non-hydrogen) atoms. The third kappa shape index (κ3) is 5.02. The van der Waals surface area contributed by atoms with Crippen LogP contribution >= 0.6 is 0 Å². The fourth-order valence-corrected chi connectivity index (χ4v) is 1.44. The van der Waals surface area contributed by atoms with Gasteiger partial charge in [-0.2, -0.15) is 13.2 Å². The van der Waals surface area contributed by atoms with Crippen molar-refractivity contribution in [3.8, 4) is 11.8 Å². The Hall–Kier alpha value is -2.00. The number of benzene rings is 1. The Kier molecular flexibility index (Phi) is 4.95. The number of nitrogens with zero attached hydrogens (tertiary/aromatic N) is 1. The first-order valence-electron chi connectivity index (χ1n) is 5.44. The van der Waals surface area contributed by atoms with E-state index in [1.807, 2.05) is 0 Å². The molecule has 6 heteroatoms. The highest BCUT2D eigenvalue weighted by atomic mass is 19.4. The number of carbonyl (C=O) groups excluding carboxylic acids is 1. The van der Waals surface area contributed by atoms with Crippen molar-refractivity contribution in [3.63, 3.8) is 0 Å². The minimum atomic E-state index is -4.42. The van der Waals surface area contributed by atoms with Crippen molar-refractivity contribution in [2.45, 2.75) is 6.18 Å². The maximum absolute atomic E-state index is 12.2. The van der Waals surface area contributed by atoms with Gasteiger partial charge in [-0.3, -0.25) is 4.79 Å². The third-order valence-electron chi connectivity index (χ3n) is 2.21. The van der Waals surface area contributed by atoms with Crippen LogP contribution in [0.1, 0.15) is 15.9 Å². The quantitative estimate of drug-likeness (QED) is 0.830. The first-order chi connectivity index (χ1) is 8.83. The minimum absolute atomic E-state index is 0.163. The molecule has 1 rings (SSSR count). The molecule has 1 aromatic rings. The molecule has 0 saturated heterocycles. The molecule has 0 fully saturated rings. The smallest absolute Gasteiger partial charge is 0.333 e. The average molecular weight is 270 g/mol. The standard InChI is InChI=1S/C13H13F3N2O/c1-18(9-13(14,15)16)12(19)11-6-2-4-10(8-11)5-3-7-17/h2,4,6,8H,7,9,17H2,1H3. The van der Waals surface area contributed by atoms with Crippen LogP contribution in [0.25, 0.3) is 0 Å². The second-order valence-corrected chi connectivity index (χ2v) is 3.86. The fourth-order valence-electron chi connectivity index (χ4n) is 1.44. The van der Waals surface area contributed by atoms with E-state index in [-0.39, 0.29) is 12.1 Å². The summed E-state index contributed by atoms with van der Waals surface area (Å²) in [6, 6.07) is 6.11. The lowest BCUT2D eigenvalue weighted by molar-refractivity contribution is -0.138. The molecular formula is C13H13F3N2O. The molecule has 0 aliphatic carbocycles. The lowest BCUT2D eigenvalue weighted by atomic mass is 10.1. The number of alkyl halides is 3. The Labute approximate surface area is 109 Å². The summed E-state index contributed by atoms with van der Waals surface area (Å²) in [5, 5.41) is 0. The van der Waals surface area contributed by atoms with Crippen molar-refractivity contribution in [1.82, 2.24) is 4.90 Å². The van der Waals surface area contributed by atoms with Crippen LogP contribution in [0.5, 0.6) is 0 Å². The molecule has 0 aliphatic rings. The van der Waals surface area contributed by atoms with E-state index in [1.165, 1.54) is 12.1 Å². The van der Waals surface area contributed by atoms with Gasteiger partial charge in [-0.15, -0.1) is 0 Å². The summed E-state index contributed by atoms with van der Waals surface area (Å²) in [5.74, 6) is 4.63. The monoisotopic (exact) mass is 270 g/mol. The van der Waals surface area contributed by atoms with Gasteiger partial charge >= 0.3 is 6.18 Å². The van der Waals surface area contributed by atoms with Crippen molar-refractivity contribution < 1.29 is 18.0 Å². The van der Waals surface area contributed by atoms with Gasteiger partial charge in [0.2, 0.25) is 0 Å². The van der Waals surface area contributed by atoms with Crippen LogP contribution in [0.3, 0.4) is 0 Å². The predicted octanol–water partition coefficient (Wildman–Crippen LogP) is 1.63. The molecule has 0 spiro atoms. The van der Waals surface area contributed by atoms with E-state index in [0.29, 0.717) is 10.5 Å². The Bertz CT molecular complexity index is 515. The molecule has 3 nitrogen and oxygen atoms in total. The second-order valence-electron chi connectivity index (χ2n) is 3.86. The molecular weight excluding hydrogens is 257 g/mol. The van der Waals surface area contributed by atoms with E-state index < -0.39 is 18.6 Å². The van der Waals surface area contributed by atoms with Crippen LogP contribution in [0.15, 0.2) is 24.3 Å². The van der Waals surface area contributed by atoms with E-state index in [9.17, 15) is 18.0 Å². The Balaban J connectivity index is 2.88. The summed E-state index contributed by atoms with van der Waals surface area (Å²) in [4.78, 5) is 12.4. The van der Waals surface area contributed by atoms with Gasteiger partial charge in [0.1, 0.15) is 6.54 Å². The summed E-state index contributed by atoms with van der Waals surface area (Å²) >= 11 is 0. The summed E-state index contributed by atoms with van der Waals surface area (Å²) in [5.41, 5.74) is 5.92. The molecule has 2 N–H and O–H groups in total. The Morgan fingerprint density at radius 1 is 1.42 bits per heavy atom. The van der Waals surface area contributed by atoms with Crippen LogP contribution in [0, 0.1) is 11.8 Å². The Morgan fingerprint density at radius 2 is 2.11 bits per heavy atom. The first-order valence-corrected chi connectivity index (χ1v) is 5.44. The lowest BCUT2D eigenvalue weighted by Gasteiger charge is -2.18. The van der Waals surface area contributed by atoms with E-state index in [0.717, 1.165) is 7.05 Å². The molecule has 0 heterocycles. The number of hydrogen-bond acceptors (Lipinski definition) is 2. The van der Waals surface area contributed by atoms with Gasteiger partial charge in [-0.1, -0.05) is 17.9 Å². The van der Waals surface area contributed by atoms with Crippen molar-refractivity contribution in [3.05, 3.63) is 35.4 Å². The van der Waals surface area contributed by atoms with Crippen molar-refractivity contribution in [2.75, 3.05) is 20.1 Å². The zero-order valence-corrected chi connectivity index (χ0v) is 10.3. The molecule has 0 saturated carbocycles.